The first kappa shape index (κ1) is 18.1. The van der Waals surface area contributed by atoms with Crippen molar-refractivity contribution in [3.05, 3.63) is 53.9 Å². The average Bonchev–Trinajstić information content (AvgIpc) is 3.13. The monoisotopic (exact) mass is 378 g/mol. The second-order valence-corrected chi connectivity index (χ2v) is 6.87. The lowest BCUT2D eigenvalue weighted by atomic mass is 10.2. The molecule has 0 saturated carbocycles. The van der Waals surface area contributed by atoms with Crippen molar-refractivity contribution in [2.75, 3.05) is 43.4 Å². The molecule has 8 nitrogen and oxygen atoms in total. The van der Waals surface area contributed by atoms with Crippen molar-refractivity contribution in [1.82, 2.24) is 20.0 Å². The molecule has 1 aliphatic heterocycles. The molecule has 28 heavy (non-hydrogen) atoms. The summed E-state index contributed by atoms with van der Waals surface area (Å²) in [4.78, 5) is 26.5. The van der Waals surface area contributed by atoms with Crippen LogP contribution in [0.1, 0.15) is 16.2 Å². The van der Waals surface area contributed by atoms with Crippen LogP contribution in [0.4, 0.5) is 11.6 Å². The molecule has 0 unspecified atom stereocenters. The molecule has 0 bridgehead atoms. The summed E-state index contributed by atoms with van der Waals surface area (Å²) in [6.45, 7) is 5.37. The molecule has 0 radical (unpaired) electrons. The summed E-state index contributed by atoms with van der Waals surface area (Å²) in [5.41, 5.74) is 1.16. The number of rotatable bonds is 4. The first-order valence-corrected chi connectivity index (χ1v) is 9.21. The van der Waals surface area contributed by atoms with Crippen LogP contribution in [-0.4, -0.2) is 59.2 Å². The summed E-state index contributed by atoms with van der Waals surface area (Å²) in [5.74, 6) is 1.93. The second kappa shape index (κ2) is 7.77. The van der Waals surface area contributed by atoms with E-state index in [1.165, 1.54) is 0 Å². The van der Waals surface area contributed by atoms with E-state index in [2.05, 4.69) is 32.3 Å². The number of aromatic nitrogens is 3. The average molecular weight is 378 g/mol. The summed E-state index contributed by atoms with van der Waals surface area (Å²) in [5, 5.41) is 6.55. The number of hydrogen-bond donors (Lipinski definition) is 1. The predicted molar refractivity (Wildman–Crippen MR) is 106 cm³/mol. The van der Waals surface area contributed by atoms with Crippen molar-refractivity contribution in [2.45, 2.75) is 6.92 Å². The number of nitrogens with zero attached hydrogens (tertiary/aromatic N) is 5. The Bertz CT molecular complexity index is 964. The minimum Gasteiger partial charge on any atom is -0.360 e. The molecule has 8 heteroatoms. The van der Waals surface area contributed by atoms with Gasteiger partial charge < -0.3 is 19.6 Å². The van der Waals surface area contributed by atoms with Crippen molar-refractivity contribution in [2.24, 2.45) is 0 Å². The molecule has 1 amide bonds. The summed E-state index contributed by atoms with van der Waals surface area (Å²) >= 11 is 0. The number of carbonyl (C=O) groups excluding carboxylic acids is 1. The van der Waals surface area contributed by atoms with Gasteiger partial charge in [0.2, 0.25) is 0 Å². The highest BCUT2D eigenvalue weighted by molar-refractivity contribution is 6.03. The minimum absolute atomic E-state index is 0.295. The maximum atomic E-state index is 12.8. The molecule has 3 heterocycles. The highest BCUT2D eigenvalue weighted by Gasteiger charge is 2.20. The molecule has 0 aliphatic carbocycles. The molecule has 0 atom stereocenters. The number of nitrogens with one attached hydrogen (secondary N) is 1. The van der Waals surface area contributed by atoms with Crippen LogP contribution >= 0.6 is 0 Å². The quantitative estimate of drug-likeness (QED) is 0.746. The molecule has 1 saturated heterocycles. The molecule has 0 spiro atoms. The molecular formula is C20H22N6O2. The topological polar surface area (TPSA) is 87.4 Å². The Kier molecular flexibility index (Phi) is 5.03. The number of amides is 1. The van der Waals surface area contributed by atoms with Gasteiger partial charge in [-0.2, -0.15) is 0 Å². The summed E-state index contributed by atoms with van der Waals surface area (Å²) in [6.07, 6.45) is 0. The minimum atomic E-state index is -0.344. The zero-order chi connectivity index (χ0) is 19.5. The van der Waals surface area contributed by atoms with Crippen LogP contribution in [0.15, 0.2) is 47.0 Å². The predicted octanol–water partition coefficient (Wildman–Crippen LogP) is 2.44. The lowest BCUT2D eigenvalue weighted by Gasteiger charge is -2.33. The first-order chi connectivity index (χ1) is 13.6. The van der Waals surface area contributed by atoms with E-state index in [-0.39, 0.29) is 5.91 Å². The molecule has 144 valence electrons. The van der Waals surface area contributed by atoms with E-state index >= 15 is 0 Å². The third-order valence-electron chi connectivity index (χ3n) is 4.67. The fourth-order valence-electron chi connectivity index (χ4n) is 3.07. The van der Waals surface area contributed by atoms with Gasteiger partial charge in [0, 0.05) is 43.9 Å². The van der Waals surface area contributed by atoms with Gasteiger partial charge in [0.15, 0.2) is 11.6 Å². The van der Waals surface area contributed by atoms with Gasteiger partial charge in [-0.15, -0.1) is 0 Å². The molecule has 1 aliphatic rings. The third-order valence-corrected chi connectivity index (χ3v) is 4.67. The van der Waals surface area contributed by atoms with Crippen LogP contribution in [0.3, 0.4) is 0 Å². The van der Waals surface area contributed by atoms with Gasteiger partial charge >= 0.3 is 0 Å². The van der Waals surface area contributed by atoms with Gasteiger partial charge in [-0.05, 0) is 14.0 Å². The van der Waals surface area contributed by atoms with Crippen molar-refractivity contribution < 1.29 is 9.32 Å². The van der Waals surface area contributed by atoms with E-state index in [1.54, 1.807) is 19.1 Å². The van der Waals surface area contributed by atoms with E-state index < -0.39 is 0 Å². The number of piperazine rings is 1. The third kappa shape index (κ3) is 4.01. The number of hydrogen-bond acceptors (Lipinski definition) is 7. The Balaban J connectivity index is 1.68. The van der Waals surface area contributed by atoms with Crippen molar-refractivity contribution in [3.63, 3.8) is 0 Å². The molecule has 3 aromatic rings. The van der Waals surface area contributed by atoms with Crippen LogP contribution in [0.25, 0.3) is 11.4 Å². The Morgan fingerprint density at radius 2 is 1.82 bits per heavy atom. The second-order valence-electron chi connectivity index (χ2n) is 6.87. The molecule has 4 rings (SSSR count). The Morgan fingerprint density at radius 1 is 1.07 bits per heavy atom. The highest BCUT2D eigenvalue weighted by Crippen LogP contribution is 2.22. The van der Waals surface area contributed by atoms with Crippen molar-refractivity contribution >= 4 is 17.5 Å². The van der Waals surface area contributed by atoms with E-state index in [0.29, 0.717) is 23.1 Å². The standard InChI is InChI=1S/C20H22N6O2/c1-14-12-17(24-28-14)22-20(27)16-13-18(26-10-8-25(2)9-11-26)23-19(21-16)15-6-4-3-5-7-15/h3-7,12-13H,8-11H2,1-2H3,(H,22,24,27). The summed E-state index contributed by atoms with van der Waals surface area (Å²) in [7, 11) is 2.10. The highest BCUT2D eigenvalue weighted by atomic mass is 16.5. The number of aryl methyl sites for hydroxylation is 1. The fraction of sp³-hybridized carbons (Fsp3) is 0.300. The van der Waals surface area contributed by atoms with Gasteiger partial charge in [0.1, 0.15) is 17.3 Å². The zero-order valence-corrected chi connectivity index (χ0v) is 15.9. The number of carbonyl (C=O) groups is 1. The van der Waals surface area contributed by atoms with Gasteiger partial charge in [-0.1, -0.05) is 35.5 Å². The Hall–Kier alpha value is -3.26. The van der Waals surface area contributed by atoms with E-state index in [9.17, 15) is 4.79 Å². The van der Waals surface area contributed by atoms with Crippen LogP contribution in [-0.2, 0) is 0 Å². The lowest BCUT2D eigenvalue weighted by molar-refractivity contribution is 0.102. The smallest absolute Gasteiger partial charge is 0.275 e. The van der Waals surface area contributed by atoms with Gasteiger partial charge in [-0.25, -0.2) is 9.97 Å². The maximum Gasteiger partial charge on any atom is 0.275 e. The fourth-order valence-corrected chi connectivity index (χ4v) is 3.07. The van der Waals surface area contributed by atoms with Crippen LogP contribution in [0, 0.1) is 6.92 Å². The van der Waals surface area contributed by atoms with E-state index in [4.69, 9.17) is 9.51 Å². The summed E-state index contributed by atoms with van der Waals surface area (Å²) in [6, 6.07) is 13.1. The molecular weight excluding hydrogens is 356 g/mol. The SMILES string of the molecule is Cc1cc(NC(=O)c2cc(N3CCN(C)CC3)nc(-c3ccccc3)n2)no1. The van der Waals surface area contributed by atoms with Crippen molar-refractivity contribution in [3.8, 4) is 11.4 Å². The lowest BCUT2D eigenvalue weighted by Crippen LogP contribution is -2.45. The van der Waals surface area contributed by atoms with E-state index in [1.807, 2.05) is 30.3 Å². The molecule has 1 aromatic carbocycles. The number of anilines is 2. The summed E-state index contributed by atoms with van der Waals surface area (Å²) < 4.78 is 5.01. The maximum absolute atomic E-state index is 12.8. The van der Waals surface area contributed by atoms with E-state index in [0.717, 1.165) is 37.6 Å². The molecule has 1 N–H and O–H groups in total. The van der Waals surface area contributed by atoms with Crippen LogP contribution in [0.2, 0.25) is 0 Å². The van der Waals surface area contributed by atoms with Crippen LogP contribution < -0.4 is 10.2 Å². The van der Waals surface area contributed by atoms with Crippen molar-refractivity contribution in [1.29, 1.82) is 0 Å². The molecule has 1 fully saturated rings. The van der Waals surface area contributed by atoms with Gasteiger partial charge in [0.25, 0.3) is 5.91 Å². The zero-order valence-electron chi connectivity index (χ0n) is 15.9. The Morgan fingerprint density at radius 3 is 2.50 bits per heavy atom. The Labute approximate surface area is 163 Å². The van der Waals surface area contributed by atoms with Gasteiger partial charge in [-0.3, -0.25) is 4.79 Å². The molecule has 2 aromatic heterocycles. The largest absolute Gasteiger partial charge is 0.360 e. The normalized spacial score (nSPS) is 14.9. The number of benzene rings is 1. The number of likely N-dealkylation sites (N-methyl/N-ethyl adjacent to an activating group) is 1. The van der Waals surface area contributed by atoms with Gasteiger partial charge in [0.05, 0.1) is 0 Å². The van der Waals surface area contributed by atoms with Crippen LogP contribution in [0.5, 0.6) is 0 Å². The first-order valence-electron chi connectivity index (χ1n) is 9.21.